The Morgan fingerprint density at radius 1 is 1.16 bits per heavy atom. The number of hydrogen-bond acceptors (Lipinski definition) is 3. The third-order valence-electron chi connectivity index (χ3n) is 3.21. The third kappa shape index (κ3) is 5.64. The number of hydrazine groups is 1. The zero-order valence-corrected chi connectivity index (χ0v) is 15.3. The third-order valence-corrected chi connectivity index (χ3v) is 3.64. The molecule has 0 aliphatic rings. The SMILES string of the molecule is Cc1cccc(NC(=O)NCC(=O)NNC(=O)c2cc(Br)cn2C)c1. The fourth-order valence-electron chi connectivity index (χ4n) is 2.04. The van der Waals surface area contributed by atoms with Gasteiger partial charge in [-0.1, -0.05) is 12.1 Å². The number of nitrogens with one attached hydrogen (secondary N) is 4. The van der Waals surface area contributed by atoms with Crippen molar-refractivity contribution in [3.8, 4) is 0 Å². The van der Waals surface area contributed by atoms with Crippen molar-refractivity contribution < 1.29 is 14.4 Å². The van der Waals surface area contributed by atoms with E-state index < -0.39 is 17.8 Å². The lowest BCUT2D eigenvalue weighted by Gasteiger charge is -2.10. The van der Waals surface area contributed by atoms with Crippen LogP contribution < -0.4 is 21.5 Å². The first kappa shape index (κ1) is 18.5. The topological polar surface area (TPSA) is 104 Å². The molecule has 132 valence electrons. The molecule has 4 amide bonds. The van der Waals surface area contributed by atoms with Crippen molar-refractivity contribution in [2.24, 2.45) is 7.05 Å². The molecule has 1 aromatic carbocycles. The number of rotatable bonds is 4. The summed E-state index contributed by atoms with van der Waals surface area (Å²) in [5, 5.41) is 5.02. The number of urea groups is 1. The van der Waals surface area contributed by atoms with Crippen molar-refractivity contribution >= 4 is 39.5 Å². The molecule has 0 unspecified atom stereocenters. The van der Waals surface area contributed by atoms with Crippen molar-refractivity contribution in [1.82, 2.24) is 20.7 Å². The Kier molecular flexibility index (Phi) is 6.18. The Labute approximate surface area is 153 Å². The second-order valence-corrected chi connectivity index (χ2v) is 6.25. The number of anilines is 1. The van der Waals surface area contributed by atoms with Gasteiger partial charge in [0.1, 0.15) is 12.2 Å². The van der Waals surface area contributed by atoms with Gasteiger partial charge in [0, 0.05) is 23.4 Å². The molecule has 4 N–H and O–H groups in total. The van der Waals surface area contributed by atoms with E-state index in [9.17, 15) is 14.4 Å². The van der Waals surface area contributed by atoms with Gasteiger partial charge in [0.2, 0.25) is 0 Å². The van der Waals surface area contributed by atoms with Crippen molar-refractivity contribution in [3.63, 3.8) is 0 Å². The maximum atomic E-state index is 11.9. The molecule has 0 aliphatic carbocycles. The van der Waals surface area contributed by atoms with E-state index in [1.165, 1.54) is 0 Å². The minimum atomic E-state index is -0.555. The second-order valence-electron chi connectivity index (χ2n) is 5.33. The molecule has 9 heteroatoms. The van der Waals surface area contributed by atoms with Gasteiger partial charge < -0.3 is 15.2 Å². The molecule has 0 saturated heterocycles. The average molecular weight is 408 g/mol. The van der Waals surface area contributed by atoms with Gasteiger partial charge in [0.05, 0.1) is 0 Å². The molecular weight excluding hydrogens is 390 g/mol. The summed E-state index contributed by atoms with van der Waals surface area (Å²) in [5.74, 6) is -1.02. The largest absolute Gasteiger partial charge is 0.345 e. The van der Waals surface area contributed by atoms with Gasteiger partial charge in [-0.05, 0) is 46.6 Å². The second kappa shape index (κ2) is 8.34. The van der Waals surface area contributed by atoms with Crippen molar-refractivity contribution in [1.29, 1.82) is 0 Å². The number of carbonyl (C=O) groups is 3. The van der Waals surface area contributed by atoms with E-state index in [0.717, 1.165) is 10.0 Å². The quantitative estimate of drug-likeness (QED) is 0.579. The van der Waals surface area contributed by atoms with E-state index in [4.69, 9.17) is 0 Å². The lowest BCUT2D eigenvalue weighted by molar-refractivity contribution is -0.120. The summed E-state index contributed by atoms with van der Waals surface area (Å²) in [5.41, 5.74) is 6.52. The zero-order chi connectivity index (χ0) is 18.4. The molecule has 2 rings (SSSR count). The van der Waals surface area contributed by atoms with E-state index in [2.05, 4.69) is 37.4 Å². The highest BCUT2D eigenvalue weighted by Gasteiger charge is 2.12. The molecule has 0 atom stereocenters. The van der Waals surface area contributed by atoms with Crippen LogP contribution >= 0.6 is 15.9 Å². The van der Waals surface area contributed by atoms with Crippen LogP contribution in [0.3, 0.4) is 0 Å². The monoisotopic (exact) mass is 407 g/mol. The summed E-state index contributed by atoms with van der Waals surface area (Å²) in [6, 6.07) is 8.37. The number of aryl methyl sites for hydroxylation is 2. The molecule has 0 fully saturated rings. The number of halogens is 1. The number of amides is 4. The van der Waals surface area contributed by atoms with Gasteiger partial charge in [0.15, 0.2) is 0 Å². The van der Waals surface area contributed by atoms with E-state index in [0.29, 0.717) is 11.4 Å². The van der Waals surface area contributed by atoms with Gasteiger partial charge in [-0.3, -0.25) is 20.4 Å². The number of aromatic nitrogens is 1. The number of benzene rings is 1. The van der Waals surface area contributed by atoms with Gasteiger partial charge in [0.25, 0.3) is 11.8 Å². The van der Waals surface area contributed by atoms with Crippen LogP contribution in [0, 0.1) is 6.92 Å². The van der Waals surface area contributed by atoms with E-state index in [1.807, 2.05) is 19.1 Å². The maximum absolute atomic E-state index is 11.9. The van der Waals surface area contributed by atoms with E-state index in [1.54, 1.807) is 36.0 Å². The fourth-order valence-corrected chi connectivity index (χ4v) is 2.57. The van der Waals surface area contributed by atoms with Crippen LogP contribution in [0.4, 0.5) is 10.5 Å². The number of hydrogen-bond donors (Lipinski definition) is 4. The molecule has 2 aromatic rings. The Bertz CT molecular complexity index is 803. The lowest BCUT2D eigenvalue weighted by Crippen LogP contribution is -2.47. The molecule has 25 heavy (non-hydrogen) atoms. The van der Waals surface area contributed by atoms with Crippen LogP contribution in [-0.4, -0.2) is 29.0 Å². The molecule has 0 aliphatic heterocycles. The summed E-state index contributed by atoms with van der Waals surface area (Å²) in [4.78, 5) is 35.4. The summed E-state index contributed by atoms with van der Waals surface area (Å²) >= 11 is 3.26. The normalized spacial score (nSPS) is 10.0. The molecule has 0 spiro atoms. The minimum Gasteiger partial charge on any atom is -0.345 e. The summed E-state index contributed by atoms with van der Waals surface area (Å²) in [6.45, 7) is 1.62. The van der Waals surface area contributed by atoms with Gasteiger partial charge in [-0.15, -0.1) is 0 Å². The first-order valence-corrected chi connectivity index (χ1v) is 8.17. The zero-order valence-electron chi connectivity index (χ0n) is 13.7. The van der Waals surface area contributed by atoms with Gasteiger partial charge >= 0.3 is 6.03 Å². The number of carbonyl (C=O) groups excluding carboxylic acids is 3. The Hall–Kier alpha value is -2.81. The van der Waals surface area contributed by atoms with Crippen molar-refractivity contribution in [2.75, 3.05) is 11.9 Å². The number of nitrogens with zero attached hydrogens (tertiary/aromatic N) is 1. The smallest absolute Gasteiger partial charge is 0.319 e. The maximum Gasteiger partial charge on any atom is 0.319 e. The average Bonchev–Trinajstić information content (AvgIpc) is 2.89. The summed E-state index contributed by atoms with van der Waals surface area (Å²) < 4.78 is 2.36. The lowest BCUT2D eigenvalue weighted by atomic mass is 10.2. The Balaban J connectivity index is 1.74. The Morgan fingerprint density at radius 3 is 2.56 bits per heavy atom. The molecule has 1 aromatic heterocycles. The molecule has 1 heterocycles. The van der Waals surface area contributed by atoms with Gasteiger partial charge in [-0.2, -0.15) is 0 Å². The standard InChI is InChI=1S/C16H18BrN5O3/c1-10-4-3-5-12(6-10)19-16(25)18-8-14(23)20-21-15(24)13-7-11(17)9-22(13)2/h3-7,9H,8H2,1-2H3,(H,20,23)(H,21,24)(H2,18,19,25). The predicted octanol–water partition coefficient (Wildman–Crippen LogP) is 1.68. The minimum absolute atomic E-state index is 0.283. The molecule has 0 saturated carbocycles. The van der Waals surface area contributed by atoms with Crippen LogP contribution in [-0.2, 0) is 11.8 Å². The van der Waals surface area contributed by atoms with Crippen LogP contribution in [0.15, 0.2) is 41.0 Å². The van der Waals surface area contributed by atoms with Gasteiger partial charge in [-0.25, -0.2) is 4.79 Å². The molecule has 8 nitrogen and oxygen atoms in total. The van der Waals surface area contributed by atoms with Crippen LogP contribution in [0.1, 0.15) is 16.1 Å². The highest BCUT2D eigenvalue weighted by molar-refractivity contribution is 9.10. The van der Waals surface area contributed by atoms with Crippen molar-refractivity contribution in [3.05, 3.63) is 52.3 Å². The summed E-state index contributed by atoms with van der Waals surface area (Å²) in [6.07, 6.45) is 1.72. The first-order chi connectivity index (χ1) is 11.8. The first-order valence-electron chi connectivity index (χ1n) is 7.37. The summed E-state index contributed by atoms with van der Waals surface area (Å²) in [7, 11) is 1.71. The van der Waals surface area contributed by atoms with Crippen LogP contribution in [0.2, 0.25) is 0 Å². The molecule has 0 bridgehead atoms. The van der Waals surface area contributed by atoms with E-state index >= 15 is 0 Å². The van der Waals surface area contributed by atoms with E-state index in [-0.39, 0.29) is 6.54 Å². The fraction of sp³-hybridized carbons (Fsp3) is 0.188. The van der Waals surface area contributed by atoms with Crippen molar-refractivity contribution in [2.45, 2.75) is 6.92 Å². The van der Waals surface area contributed by atoms with Crippen LogP contribution in [0.25, 0.3) is 0 Å². The highest BCUT2D eigenvalue weighted by Crippen LogP contribution is 2.13. The van der Waals surface area contributed by atoms with Crippen LogP contribution in [0.5, 0.6) is 0 Å². The molecule has 0 radical (unpaired) electrons. The Morgan fingerprint density at radius 2 is 1.92 bits per heavy atom. The predicted molar refractivity (Wildman–Crippen MR) is 96.9 cm³/mol. The highest BCUT2D eigenvalue weighted by atomic mass is 79.9. The molecular formula is C16H18BrN5O3.